The first-order valence-corrected chi connectivity index (χ1v) is 6.69. The first-order valence-electron chi connectivity index (χ1n) is 6.31. The Bertz CT molecular complexity index is 602. The van der Waals surface area contributed by atoms with Gasteiger partial charge in [-0.15, -0.1) is 0 Å². The number of benzene rings is 1. The third kappa shape index (κ3) is 3.71. The minimum absolute atomic E-state index is 0.202. The number of carbonyl (C=O) groups excluding carboxylic acids is 1. The van der Waals surface area contributed by atoms with Crippen LogP contribution in [0.25, 0.3) is 0 Å². The van der Waals surface area contributed by atoms with E-state index in [0.29, 0.717) is 18.7 Å². The SMILES string of the molecule is CCOc1cccc(CNC(=O)c2cccnc2Cl)c1. The highest BCUT2D eigenvalue weighted by Crippen LogP contribution is 2.14. The van der Waals surface area contributed by atoms with Crippen LogP contribution < -0.4 is 10.1 Å². The van der Waals surface area contributed by atoms with Gasteiger partial charge in [-0.1, -0.05) is 23.7 Å². The molecule has 0 bridgehead atoms. The summed E-state index contributed by atoms with van der Waals surface area (Å²) in [6.07, 6.45) is 1.55. The van der Waals surface area contributed by atoms with Crippen LogP contribution in [0.2, 0.25) is 5.15 Å². The second-order valence-corrected chi connectivity index (χ2v) is 4.46. The fourth-order valence-corrected chi connectivity index (χ4v) is 1.95. The summed E-state index contributed by atoms with van der Waals surface area (Å²) >= 11 is 5.88. The van der Waals surface area contributed by atoms with Crippen LogP contribution >= 0.6 is 11.6 Å². The number of rotatable bonds is 5. The van der Waals surface area contributed by atoms with Crippen LogP contribution in [0.15, 0.2) is 42.6 Å². The quantitative estimate of drug-likeness (QED) is 0.861. The van der Waals surface area contributed by atoms with E-state index >= 15 is 0 Å². The fraction of sp³-hybridized carbons (Fsp3) is 0.200. The van der Waals surface area contributed by atoms with Gasteiger partial charge in [-0.25, -0.2) is 4.98 Å². The molecular formula is C15H15ClN2O2. The van der Waals surface area contributed by atoms with Crippen molar-refractivity contribution in [3.63, 3.8) is 0 Å². The summed E-state index contributed by atoms with van der Waals surface area (Å²) in [6, 6.07) is 10.9. The normalized spacial score (nSPS) is 10.1. The average molecular weight is 291 g/mol. The van der Waals surface area contributed by atoms with Gasteiger partial charge in [0.1, 0.15) is 10.9 Å². The van der Waals surface area contributed by atoms with Gasteiger partial charge in [0, 0.05) is 12.7 Å². The molecule has 1 aromatic heterocycles. The Morgan fingerprint density at radius 1 is 1.35 bits per heavy atom. The van der Waals surface area contributed by atoms with Crippen LogP contribution in [0.5, 0.6) is 5.75 Å². The lowest BCUT2D eigenvalue weighted by Gasteiger charge is -2.08. The minimum Gasteiger partial charge on any atom is -0.494 e. The molecule has 0 aliphatic carbocycles. The number of aromatic nitrogens is 1. The van der Waals surface area contributed by atoms with E-state index < -0.39 is 0 Å². The van der Waals surface area contributed by atoms with Crippen molar-refractivity contribution in [2.45, 2.75) is 13.5 Å². The first kappa shape index (κ1) is 14.3. The smallest absolute Gasteiger partial charge is 0.254 e. The van der Waals surface area contributed by atoms with E-state index in [-0.39, 0.29) is 11.1 Å². The molecule has 0 aliphatic rings. The van der Waals surface area contributed by atoms with E-state index in [1.165, 1.54) is 0 Å². The van der Waals surface area contributed by atoms with Crippen LogP contribution in [0, 0.1) is 0 Å². The maximum Gasteiger partial charge on any atom is 0.254 e. The van der Waals surface area contributed by atoms with E-state index in [1.54, 1.807) is 18.3 Å². The monoisotopic (exact) mass is 290 g/mol. The van der Waals surface area contributed by atoms with Crippen molar-refractivity contribution in [3.05, 3.63) is 58.9 Å². The summed E-state index contributed by atoms with van der Waals surface area (Å²) in [5.74, 6) is 0.545. The predicted octanol–water partition coefficient (Wildman–Crippen LogP) is 3.06. The highest BCUT2D eigenvalue weighted by molar-refractivity contribution is 6.32. The zero-order chi connectivity index (χ0) is 14.4. The number of pyridine rings is 1. The number of amides is 1. The van der Waals surface area contributed by atoms with Crippen LogP contribution in [-0.2, 0) is 6.54 Å². The van der Waals surface area contributed by atoms with Crippen molar-refractivity contribution in [3.8, 4) is 5.75 Å². The number of hydrogen-bond acceptors (Lipinski definition) is 3. The summed E-state index contributed by atoms with van der Waals surface area (Å²) in [5.41, 5.74) is 1.33. The molecule has 5 heteroatoms. The number of nitrogens with zero attached hydrogens (tertiary/aromatic N) is 1. The van der Waals surface area contributed by atoms with E-state index in [9.17, 15) is 4.79 Å². The van der Waals surface area contributed by atoms with Gasteiger partial charge in [0.2, 0.25) is 0 Å². The highest BCUT2D eigenvalue weighted by Gasteiger charge is 2.10. The molecule has 1 aromatic carbocycles. The average Bonchev–Trinajstić information content (AvgIpc) is 2.46. The molecule has 1 amide bonds. The third-order valence-corrected chi connectivity index (χ3v) is 2.97. The predicted molar refractivity (Wildman–Crippen MR) is 78.0 cm³/mol. The number of nitrogens with one attached hydrogen (secondary N) is 1. The molecule has 0 radical (unpaired) electrons. The molecule has 20 heavy (non-hydrogen) atoms. The largest absolute Gasteiger partial charge is 0.494 e. The Kier molecular flexibility index (Phi) is 4.96. The maximum atomic E-state index is 12.0. The van der Waals surface area contributed by atoms with Gasteiger partial charge in [-0.2, -0.15) is 0 Å². The molecule has 2 aromatic rings. The van der Waals surface area contributed by atoms with Gasteiger partial charge in [-0.3, -0.25) is 4.79 Å². The van der Waals surface area contributed by atoms with Crippen molar-refractivity contribution in [2.24, 2.45) is 0 Å². The molecule has 1 heterocycles. The van der Waals surface area contributed by atoms with Crippen LogP contribution in [0.1, 0.15) is 22.8 Å². The van der Waals surface area contributed by atoms with Crippen molar-refractivity contribution in [2.75, 3.05) is 6.61 Å². The van der Waals surface area contributed by atoms with Gasteiger partial charge in [0.25, 0.3) is 5.91 Å². The molecule has 0 aliphatic heterocycles. The Labute approximate surface area is 122 Å². The lowest BCUT2D eigenvalue weighted by atomic mass is 10.2. The van der Waals surface area contributed by atoms with Crippen molar-refractivity contribution in [1.82, 2.24) is 10.3 Å². The van der Waals surface area contributed by atoms with E-state index in [0.717, 1.165) is 11.3 Å². The Balaban J connectivity index is 2.00. The Morgan fingerprint density at radius 3 is 2.95 bits per heavy atom. The van der Waals surface area contributed by atoms with Crippen molar-refractivity contribution in [1.29, 1.82) is 0 Å². The minimum atomic E-state index is -0.245. The van der Waals surface area contributed by atoms with Gasteiger partial charge >= 0.3 is 0 Å². The van der Waals surface area contributed by atoms with Crippen molar-refractivity contribution < 1.29 is 9.53 Å². The van der Waals surface area contributed by atoms with E-state index in [2.05, 4.69) is 10.3 Å². The zero-order valence-electron chi connectivity index (χ0n) is 11.1. The molecule has 4 nitrogen and oxygen atoms in total. The maximum absolute atomic E-state index is 12.0. The Morgan fingerprint density at radius 2 is 2.20 bits per heavy atom. The molecule has 0 spiro atoms. The number of halogens is 1. The topological polar surface area (TPSA) is 51.2 Å². The second-order valence-electron chi connectivity index (χ2n) is 4.10. The number of hydrogen-bond donors (Lipinski definition) is 1. The van der Waals surface area contributed by atoms with Gasteiger partial charge < -0.3 is 10.1 Å². The molecule has 0 unspecified atom stereocenters. The summed E-state index contributed by atoms with van der Waals surface area (Å²) in [5, 5.41) is 3.01. The molecule has 0 fully saturated rings. The fourth-order valence-electron chi connectivity index (χ4n) is 1.74. The standard InChI is InChI=1S/C15H15ClN2O2/c1-2-20-12-6-3-5-11(9-12)10-18-15(19)13-7-4-8-17-14(13)16/h3-9H,2,10H2,1H3,(H,18,19). The molecule has 1 N–H and O–H groups in total. The first-order chi connectivity index (χ1) is 9.70. The summed E-state index contributed by atoms with van der Waals surface area (Å²) < 4.78 is 5.41. The van der Waals surface area contributed by atoms with E-state index in [4.69, 9.17) is 16.3 Å². The summed E-state index contributed by atoms with van der Waals surface area (Å²) in [6.45, 7) is 2.95. The highest BCUT2D eigenvalue weighted by atomic mass is 35.5. The molecular weight excluding hydrogens is 276 g/mol. The van der Waals surface area contributed by atoms with Gasteiger partial charge in [0.15, 0.2) is 0 Å². The molecule has 2 rings (SSSR count). The zero-order valence-corrected chi connectivity index (χ0v) is 11.9. The van der Waals surface area contributed by atoms with Crippen molar-refractivity contribution >= 4 is 17.5 Å². The van der Waals surface area contributed by atoms with Gasteiger partial charge in [0.05, 0.1) is 12.2 Å². The molecule has 0 saturated heterocycles. The number of ether oxygens (including phenoxy) is 1. The second kappa shape index (κ2) is 6.91. The third-order valence-electron chi connectivity index (χ3n) is 2.67. The van der Waals surface area contributed by atoms with Gasteiger partial charge in [-0.05, 0) is 36.8 Å². The molecule has 0 saturated carbocycles. The van der Waals surface area contributed by atoms with E-state index in [1.807, 2.05) is 31.2 Å². The summed E-state index contributed by atoms with van der Waals surface area (Å²) in [4.78, 5) is 15.9. The molecule has 104 valence electrons. The van der Waals surface area contributed by atoms with Crippen LogP contribution in [0.4, 0.5) is 0 Å². The van der Waals surface area contributed by atoms with Crippen LogP contribution in [-0.4, -0.2) is 17.5 Å². The van der Waals surface area contributed by atoms with Crippen LogP contribution in [0.3, 0.4) is 0 Å². The summed E-state index contributed by atoms with van der Waals surface area (Å²) in [7, 11) is 0. The lowest BCUT2D eigenvalue weighted by molar-refractivity contribution is 0.0950. The Hall–Kier alpha value is -2.07. The molecule has 0 atom stereocenters. The lowest BCUT2D eigenvalue weighted by Crippen LogP contribution is -2.23. The number of carbonyl (C=O) groups is 1.